The van der Waals surface area contributed by atoms with Crippen LogP contribution in [0, 0.1) is 0 Å². The van der Waals surface area contributed by atoms with Gasteiger partial charge in [-0.3, -0.25) is 9.38 Å². The number of pyridine rings is 2. The van der Waals surface area contributed by atoms with Crippen LogP contribution in [-0.2, 0) is 0 Å². The van der Waals surface area contributed by atoms with E-state index in [1.54, 1.807) is 0 Å². The minimum absolute atomic E-state index is 1.00. The van der Waals surface area contributed by atoms with E-state index in [9.17, 15) is 0 Å². The highest BCUT2D eigenvalue weighted by atomic mass is 32.1. The van der Waals surface area contributed by atoms with Crippen LogP contribution < -0.4 is 0 Å². The highest BCUT2D eigenvalue weighted by Gasteiger charge is 2.15. The average Bonchev–Trinajstić information content (AvgIpc) is 3.26. The molecule has 0 N–H and O–H groups in total. The van der Waals surface area contributed by atoms with Crippen LogP contribution in [0.25, 0.3) is 47.6 Å². The molecule has 0 saturated heterocycles. The fourth-order valence-electron chi connectivity index (χ4n) is 3.69. The predicted molar refractivity (Wildman–Crippen MR) is 101 cm³/mol. The van der Waals surface area contributed by atoms with E-state index < -0.39 is 0 Å². The molecule has 0 aliphatic rings. The molecule has 24 heavy (non-hydrogen) atoms. The second kappa shape index (κ2) is 4.30. The van der Waals surface area contributed by atoms with Crippen molar-refractivity contribution in [2.75, 3.05) is 0 Å². The second-order valence-corrected chi connectivity index (χ2v) is 7.01. The summed E-state index contributed by atoms with van der Waals surface area (Å²) in [5, 5.41) is 4.97. The molecule has 0 bridgehead atoms. The number of aromatic nitrogens is 3. The number of fused-ring (bicyclic) bond motifs is 10. The Morgan fingerprint density at radius 3 is 2.71 bits per heavy atom. The van der Waals surface area contributed by atoms with E-state index in [-0.39, 0.29) is 0 Å². The fraction of sp³-hybridized carbons (Fsp3) is 0. The largest absolute Gasteiger partial charge is 0.298 e. The van der Waals surface area contributed by atoms with E-state index in [2.05, 4.69) is 56.8 Å². The van der Waals surface area contributed by atoms with Crippen LogP contribution in [0.2, 0.25) is 0 Å². The van der Waals surface area contributed by atoms with E-state index in [1.165, 1.54) is 30.9 Å². The molecule has 3 nitrogen and oxygen atoms in total. The molecular weight excluding hydrogens is 314 g/mol. The van der Waals surface area contributed by atoms with Crippen molar-refractivity contribution in [3.63, 3.8) is 0 Å². The van der Waals surface area contributed by atoms with Gasteiger partial charge in [-0.1, -0.05) is 30.3 Å². The molecule has 0 fully saturated rings. The minimum atomic E-state index is 1.00. The minimum Gasteiger partial charge on any atom is -0.298 e. The Morgan fingerprint density at radius 2 is 1.71 bits per heavy atom. The van der Waals surface area contributed by atoms with Gasteiger partial charge < -0.3 is 0 Å². The first-order valence-electron chi connectivity index (χ1n) is 7.85. The standard InChI is InChI=1S/C20H11N3S/c1-2-6-16-12(4-1)13-7-8-14-17(19(13)24-16)20-22-10-11-23(20)15-5-3-9-21-18(14)15/h1-11H. The van der Waals surface area contributed by atoms with Crippen LogP contribution in [-0.4, -0.2) is 14.4 Å². The highest BCUT2D eigenvalue weighted by Crippen LogP contribution is 2.41. The number of imidazole rings is 1. The maximum absolute atomic E-state index is 4.66. The topological polar surface area (TPSA) is 30.2 Å². The van der Waals surface area contributed by atoms with Crippen molar-refractivity contribution in [1.29, 1.82) is 0 Å². The summed E-state index contributed by atoms with van der Waals surface area (Å²) in [6, 6.07) is 17.1. The van der Waals surface area contributed by atoms with Crippen molar-refractivity contribution >= 4 is 59.0 Å². The molecule has 2 aromatic carbocycles. The SMILES string of the molecule is c1ccc2c(c1)sc1c2ccc2c3ncccc3n3ccnc3c21. The molecule has 0 unspecified atom stereocenters. The Bertz CT molecular complexity index is 1410. The molecule has 0 atom stereocenters. The Labute approximate surface area is 140 Å². The van der Waals surface area contributed by atoms with E-state index >= 15 is 0 Å². The molecule has 112 valence electrons. The zero-order valence-electron chi connectivity index (χ0n) is 12.6. The summed E-state index contributed by atoms with van der Waals surface area (Å²) in [6.45, 7) is 0. The normalized spacial score (nSPS) is 12.2. The van der Waals surface area contributed by atoms with E-state index in [0.29, 0.717) is 0 Å². The van der Waals surface area contributed by atoms with Crippen molar-refractivity contribution in [3.05, 3.63) is 67.1 Å². The van der Waals surface area contributed by atoms with Crippen LogP contribution in [0.3, 0.4) is 0 Å². The van der Waals surface area contributed by atoms with Gasteiger partial charge in [0.25, 0.3) is 0 Å². The summed E-state index contributed by atoms with van der Waals surface area (Å²) in [4.78, 5) is 9.31. The monoisotopic (exact) mass is 325 g/mol. The third-order valence-electron chi connectivity index (χ3n) is 4.71. The Morgan fingerprint density at radius 1 is 0.792 bits per heavy atom. The lowest BCUT2D eigenvalue weighted by molar-refractivity contribution is 1.25. The summed E-state index contributed by atoms with van der Waals surface area (Å²) in [6.07, 6.45) is 5.75. The zero-order chi connectivity index (χ0) is 15.7. The number of hydrogen-bond donors (Lipinski definition) is 0. The van der Waals surface area contributed by atoms with Crippen LogP contribution in [0.4, 0.5) is 0 Å². The highest BCUT2D eigenvalue weighted by molar-refractivity contribution is 7.26. The lowest BCUT2D eigenvalue weighted by Gasteiger charge is -2.08. The number of benzene rings is 2. The smallest absolute Gasteiger partial charge is 0.146 e. The summed E-state index contributed by atoms with van der Waals surface area (Å²) < 4.78 is 4.75. The molecule has 0 radical (unpaired) electrons. The van der Waals surface area contributed by atoms with Crippen LogP contribution in [0.5, 0.6) is 0 Å². The van der Waals surface area contributed by atoms with Gasteiger partial charge in [-0.25, -0.2) is 4.98 Å². The third kappa shape index (κ3) is 1.42. The van der Waals surface area contributed by atoms with Gasteiger partial charge in [0, 0.05) is 49.5 Å². The summed E-state index contributed by atoms with van der Waals surface area (Å²) in [5.41, 5.74) is 3.12. The van der Waals surface area contributed by atoms with Crippen molar-refractivity contribution in [2.24, 2.45) is 0 Å². The van der Waals surface area contributed by atoms with Gasteiger partial charge in [0.1, 0.15) is 5.65 Å². The van der Waals surface area contributed by atoms with E-state index in [1.807, 2.05) is 36.0 Å². The lowest BCUT2D eigenvalue weighted by atomic mass is 10.1. The maximum Gasteiger partial charge on any atom is 0.146 e. The van der Waals surface area contributed by atoms with Gasteiger partial charge in [0.05, 0.1) is 11.0 Å². The third-order valence-corrected chi connectivity index (χ3v) is 5.92. The molecule has 4 heteroatoms. The maximum atomic E-state index is 4.66. The molecule has 0 aliphatic carbocycles. The Balaban J connectivity index is 2.02. The second-order valence-electron chi connectivity index (χ2n) is 5.96. The van der Waals surface area contributed by atoms with Gasteiger partial charge in [0.15, 0.2) is 0 Å². The van der Waals surface area contributed by atoms with Crippen LogP contribution >= 0.6 is 11.3 Å². The molecule has 4 heterocycles. The van der Waals surface area contributed by atoms with Gasteiger partial charge in [-0.05, 0) is 18.2 Å². The fourth-order valence-corrected chi connectivity index (χ4v) is 4.94. The molecule has 0 amide bonds. The van der Waals surface area contributed by atoms with Crippen molar-refractivity contribution < 1.29 is 0 Å². The first-order valence-corrected chi connectivity index (χ1v) is 8.67. The molecule has 0 spiro atoms. The molecule has 0 aliphatic heterocycles. The zero-order valence-corrected chi connectivity index (χ0v) is 13.4. The predicted octanol–water partition coefficient (Wildman–Crippen LogP) is 5.40. The van der Waals surface area contributed by atoms with Crippen molar-refractivity contribution in [2.45, 2.75) is 0 Å². The quantitative estimate of drug-likeness (QED) is 0.350. The molecule has 0 saturated carbocycles. The summed E-state index contributed by atoms with van der Waals surface area (Å²) in [5.74, 6) is 0. The number of nitrogens with zero attached hydrogens (tertiary/aromatic N) is 3. The molecule has 4 aromatic heterocycles. The molecule has 6 rings (SSSR count). The van der Waals surface area contributed by atoms with E-state index in [0.717, 1.165) is 16.7 Å². The van der Waals surface area contributed by atoms with Gasteiger partial charge in [0.2, 0.25) is 0 Å². The van der Waals surface area contributed by atoms with Crippen molar-refractivity contribution in [1.82, 2.24) is 14.4 Å². The lowest BCUT2D eigenvalue weighted by Crippen LogP contribution is -1.92. The summed E-state index contributed by atoms with van der Waals surface area (Å²) >= 11 is 1.84. The van der Waals surface area contributed by atoms with Gasteiger partial charge in [-0.15, -0.1) is 11.3 Å². The number of hydrogen-bond acceptors (Lipinski definition) is 3. The first kappa shape index (κ1) is 12.4. The Hall–Kier alpha value is -2.98. The molecule has 6 aromatic rings. The van der Waals surface area contributed by atoms with Crippen LogP contribution in [0.1, 0.15) is 0 Å². The Kier molecular flexibility index (Phi) is 2.23. The average molecular weight is 325 g/mol. The number of thiophene rings is 1. The number of rotatable bonds is 0. The van der Waals surface area contributed by atoms with Crippen LogP contribution in [0.15, 0.2) is 67.1 Å². The van der Waals surface area contributed by atoms with E-state index in [4.69, 9.17) is 0 Å². The van der Waals surface area contributed by atoms with Gasteiger partial charge in [-0.2, -0.15) is 0 Å². The molecular formula is C20H11N3S. The summed E-state index contributed by atoms with van der Waals surface area (Å²) in [7, 11) is 0. The van der Waals surface area contributed by atoms with Gasteiger partial charge >= 0.3 is 0 Å². The van der Waals surface area contributed by atoms with Crippen molar-refractivity contribution in [3.8, 4) is 0 Å². The first-order chi connectivity index (χ1) is 11.9.